The molecule has 0 radical (unpaired) electrons. The zero-order valence-electron chi connectivity index (χ0n) is 14.9. The van der Waals surface area contributed by atoms with E-state index in [-0.39, 0.29) is 12.1 Å². The maximum Gasteiger partial charge on any atom is 0.317 e. The van der Waals surface area contributed by atoms with Crippen LogP contribution in [0.25, 0.3) is 0 Å². The Morgan fingerprint density at radius 2 is 2.12 bits per heavy atom. The fraction of sp³-hybridized carbons (Fsp3) is 0.571. The molecule has 2 atom stereocenters. The molecule has 4 heteroatoms. The van der Waals surface area contributed by atoms with E-state index in [9.17, 15) is 4.79 Å². The number of para-hydroxylation sites is 1. The molecule has 0 bridgehead atoms. The van der Waals surface area contributed by atoms with Crippen LogP contribution in [0.1, 0.15) is 56.6 Å². The zero-order chi connectivity index (χ0) is 17.1. The summed E-state index contributed by atoms with van der Waals surface area (Å²) in [6.45, 7) is 2.50. The van der Waals surface area contributed by atoms with Crippen LogP contribution in [0.15, 0.2) is 36.4 Å². The van der Waals surface area contributed by atoms with Crippen molar-refractivity contribution in [1.29, 1.82) is 0 Å². The number of amides is 2. The van der Waals surface area contributed by atoms with Crippen LogP contribution in [0.4, 0.5) is 4.79 Å². The topological polar surface area (TPSA) is 41.6 Å². The molecular weight excluding hydrogens is 312 g/mol. The second-order valence-corrected chi connectivity index (χ2v) is 7.77. The number of benzene rings is 1. The van der Waals surface area contributed by atoms with E-state index in [4.69, 9.17) is 4.74 Å². The summed E-state index contributed by atoms with van der Waals surface area (Å²) in [5, 5.41) is 3.30. The average molecular weight is 340 g/mol. The molecule has 2 aliphatic heterocycles. The number of hydrogen-bond donors (Lipinski definition) is 1. The summed E-state index contributed by atoms with van der Waals surface area (Å²) in [4.78, 5) is 15.0. The number of piperidine rings is 1. The fourth-order valence-corrected chi connectivity index (χ4v) is 4.61. The molecule has 0 saturated carbocycles. The summed E-state index contributed by atoms with van der Waals surface area (Å²) >= 11 is 0. The highest BCUT2D eigenvalue weighted by molar-refractivity contribution is 5.75. The predicted octanol–water partition coefficient (Wildman–Crippen LogP) is 4.43. The van der Waals surface area contributed by atoms with Crippen LogP contribution in [0.5, 0.6) is 5.75 Å². The monoisotopic (exact) mass is 340 g/mol. The number of nitrogens with zero attached hydrogens (tertiary/aromatic N) is 1. The van der Waals surface area contributed by atoms with Gasteiger partial charge in [0.25, 0.3) is 0 Å². The van der Waals surface area contributed by atoms with E-state index in [1.165, 1.54) is 12.8 Å². The summed E-state index contributed by atoms with van der Waals surface area (Å²) in [6, 6.07) is 8.25. The summed E-state index contributed by atoms with van der Waals surface area (Å²) in [5.41, 5.74) is 1.43. The molecule has 1 aromatic carbocycles. The smallest absolute Gasteiger partial charge is 0.317 e. The van der Waals surface area contributed by atoms with E-state index in [0.717, 1.165) is 63.1 Å². The van der Waals surface area contributed by atoms with E-state index in [1.807, 2.05) is 18.2 Å². The molecule has 4 rings (SSSR count). The normalized spacial score (nSPS) is 28.8. The van der Waals surface area contributed by atoms with Gasteiger partial charge in [-0.25, -0.2) is 4.79 Å². The lowest BCUT2D eigenvalue weighted by atomic mass is 9.71. The van der Waals surface area contributed by atoms with Gasteiger partial charge in [-0.1, -0.05) is 30.4 Å². The summed E-state index contributed by atoms with van der Waals surface area (Å²) in [7, 11) is 0. The third-order valence-electron chi connectivity index (χ3n) is 5.99. The Hall–Kier alpha value is -1.97. The Morgan fingerprint density at radius 1 is 1.20 bits per heavy atom. The van der Waals surface area contributed by atoms with Gasteiger partial charge in [-0.05, 0) is 56.4 Å². The van der Waals surface area contributed by atoms with Crippen molar-refractivity contribution in [2.45, 2.75) is 51.0 Å². The number of urea groups is 1. The number of likely N-dealkylation sites (tertiary alicyclic amines) is 1. The summed E-state index contributed by atoms with van der Waals surface area (Å²) in [5.74, 6) is 0.915. The fourth-order valence-electron chi connectivity index (χ4n) is 4.61. The van der Waals surface area contributed by atoms with Crippen LogP contribution in [0.3, 0.4) is 0 Å². The number of ether oxygens (including phenoxy) is 1. The maximum absolute atomic E-state index is 13.0. The molecule has 1 aromatic rings. The van der Waals surface area contributed by atoms with Crippen LogP contribution in [-0.2, 0) is 0 Å². The Bertz CT molecular complexity index is 657. The molecule has 134 valence electrons. The van der Waals surface area contributed by atoms with Crippen molar-refractivity contribution in [2.75, 3.05) is 19.7 Å². The van der Waals surface area contributed by atoms with Crippen molar-refractivity contribution in [3.8, 4) is 5.75 Å². The van der Waals surface area contributed by atoms with E-state index in [1.54, 1.807) is 0 Å². The first-order chi connectivity index (χ1) is 12.3. The van der Waals surface area contributed by atoms with E-state index in [0.29, 0.717) is 5.41 Å². The van der Waals surface area contributed by atoms with Crippen molar-refractivity contribution in [3.63, 3.8) is 0 Å². The highest BCUT2D eigenvalue weighted by atomic mass is 16.5. The first-order valence-electron chi connectivity index (χ1n) is 9.68. The van der Waals surface area contributed by atoms with Gasteiger partial charge in [0, 0.05) is 18.7 Å². The van der Waals surface area contributed by atoms with Gasteiger partial charge in [0.15, 0.2) is 0 Å². The number of nitrogens with one attached hydrogen (secondary N) is 1. The third-order valence-corrected chi connectivity index (χ3v) is 5.99. The summed E-state index contributed by atoms with van der Waals surface area (Å²) in [6.07, 6.45) is 12.4. The average Bonchev–Trinajstić information content (AvgIpc) is 2.85. The molecule has 4 nitrogen and oxygen atoms in total. The number of carbonyl (C=O) groups excluding carboxylic acids is 1. The molecule has 1 aliphatic carbocycles. The van der Waals surface area contributed by atoms with Crippen molar-refractivity contribution in [3.05, 3.63) is 42.0 Å². The van der Waals surface area contributed by atoms with Crippen molar-refractivity contribution in [1.82, 2.24) is 10.2 Å². The highest BCUT2D eigenvalue weighted by Gasteiger charge is 2.37. The second-order valence-electron chi connectivity index (χ2n) is 7.77. The van der Waals surface area contributed by atoms with Crippen molar-refractivity contribution < 1.29 is 9.53 Å². The minimum atomic E-state index is 0.0512. The van der Waals surface area contributed by atoms with Gasteiger partial charge in [0.1, 0.15) is 5.75 Å². The van der Waals surface area contributed by atoms with E-state index < -0.39 is 0 Å². The SMILES string of the molecule is O=C(NC1CCCOc2ccccc21)N1CCCC2(CC=CCC2)C1. The molecule has 2 unspecified atom stereocenters. The van der Waals surface area contributed by atoms with Crippen LogP contribution in [-0.4, -0.2) is 30.6 Å². The molecule has 25 heavy (non-hydrogen) atoms. The molecule has 2 heterocycles. The van der Waals surface area contributed by atoms with Gasteiger partial charge in [-0.15, -0.1) is 0 Å². The lowest BCUT2D eigenvalue weighted by Crippen LogP contribution is -2.50. The zero-order valence-corrected chi connectivity index (χ0v) is 14.9. The highest BCUT2D eigenvalue weighted by Crippen LogP contribution is 2.41. The van der Waals surface area contributed by atoms with E-state index in [2.05, 4.69) is 28.4 Å². The van der Waals surface area contributed by atoms with Gasteiger partial charge < -0.3 is 15.0 Å². The van der Waals surface area contributed by atoms with Gasteiger partial charge in [-0.3, -0.25) is 0 Å². The minimum absolute atomic E-state index is 0.0512. The third kappa shape index (κ3) is 3.53. The largest absolute Gasteiger partial charge is 0.493 e. The minimum Gasteiger partial charge on any atom is -0.493 e. The lowest BCUT2D eigenvalue weighted by molar-refractivity contribution is 0.0944. The first-order valence-corrected chi connectivity index (χ1v) is 9.68. The van der Waals surface area contributed by atoms with Crippen molar-refractivity contribution >= 4 is 6.03 Å². The van der Waals surface area contributed by atoms with Crippen LogP contribution >= 0.6 is 0 Å². The predicted molar refractivity (Wildman–Crippen MR) is 98.7 cm³/mol. The van der Waals surface area contributed by atoms with E-state index >= 15 is 0 Å². The van der Waals surface area contributed by atoms with Crippen LogP contribution in [0, 0.1) is 5.41 Å². The Kier molecular flexibility index (Phi) is 4.69. The number of carbonyl (C=O) groups is 1. The maximum atomic E-state index is 13.0. The summed E-state index contributed by atoms with van der Waals surface area (Å²) < 4.78 is 5.82. The van der Waals surface area contributed by atoms with Crippen LogP contribution in [0.2, 0.25) is 0 Å². The molecule has 1 saturated heterocycles. The molecular formula is C21H28N2O2. The second kappa shape index (κ2) is 7.11. The van der Waals surface area contributed by atoms with Gasteiger partial charge in [0.05, 0.1) is 12.6 Å². The Labute approximate surface area is 150 Å². The van der Waals surface area contributed by atoms with Crippen LogP contribution < -0.4 is 10.1 Å². The molecule has 1 N–H and O–H groups in total. The Morgan fingerprint density at radius 3 is 3.00 bits per heavy atom. The molecule has 0 aromatic heterocycles. The van der Waals surface area contributed by atoms with Gasteiger partial charge in [-0.2, -0.15) is 0 Å². The number of rotatable bonds is 1. The van der Waals surface area contributed by atoms with Gasteiger partial charge >= 0.3 is 6.03 Å². The molecule has 2 amide bonds. The Balaban J connectivity index is 1.46. The van der Waals surface area contributed by atoms with Crippen molar-refractivity contribution in [2.24, 2.45) is 5.41 Å². The lowest BCUT2D eigenvalue weighted by Gasteiger charge is -2.44. The standard InChI is InChI=1S/C21H28N2O2/c24-20(23-14-7-13-21(16-23)11-4-1-5-12-21)22-18-9-6-15-25-19-10-3-2-8-17(18)19/h1-4,8,10,18H,5-7,9,11-16H2,(H,22,24). The molecule has 3 aliphatic rings. The number of hydrogen-bond acceptors (Lipinski definition) is 2. The quantitative estimate of drug-likeness (QED) is 0.768. The van der Waals surface area contributed by atoms with Gasteiger partial charge in [0.2, 0.25) is 0 Å². The molecule has 1 spiro atoms. The molecule has 1 fully saturated rings. The number of fused-ring (bicyclic) bond motifs is 1. The number of allylic oxidation sites excluding steroid dienone is 2. The first kappa shape index (κ1) is 16.5.